The summed E-state index contributed by atoms with van der Waals surface area (Å²) in [5, 5.41) is 2.92. The Bertz CT molecular complexity index is 406. The molecule has 1 amide bonds. The highest BCUT2D eigenvalue weighted by atomic mass is 16.2. The van der Waals surface area contributed by atoms with Gasteiger partial charge in [-0.25, -0.2) is 0 Å². The fourth-order valence-corrected chi connectivity index (χ4v) is 2.28. The van der Waals surface area contributed by atoms with Gasteiger partial charge < -0.3 is 16.0 Å². The summed E-state index contributed by atoms with van der Waals surface area (Å²) >= 11 is 0. The molecule has 0 saturated carbocycles. The van der Waals surface area contributed by atoms with Crippen molar-refractivity contribution >= 4 is 5.91 Å². The van der Waals surface area contributed by atoms with E-state index in [0.717, 1.165) is 25.9 Å². The number of nitrogens with zero attached hydrogens (tertiary/aromatic N) is 1. The van der Waals surface area contributed by atoms with Crippen LogP contribution in [0, 0.1) is 5.92 Å². The van der Waals surface area contributed by atoms with Crippen LogP contribution in [0.25, 0.3) is 0 Å². The lowest BCUT2D eigenvalue weighted by atomic mass is 10.0. The number of carbonyl (C=O) groups is 1. The van der Waals surface area contributed by atoms with Gasteiger partial charge in [-0.15, -0.1) is 0 Å². The molecule has 0 heterocycles. The maximum Gasteiger partial charge on any atom is 0.236 e. The topological polar surface area (TPSA) is 58.4 Å². The predicted octanol–water partition coefficient (Wildman–Crippen LogP) is 2.00. The lowest BCUT2D eigenvalue weighted by Gasteiger charge is -2.18. The van der Waals surface area contributed by atoms with Gasteiger partial charge in [0, 0.05) is 13.1 Å². The van der Waals surface area contributed by atoms with Gasteiger partial charge in [0.1, 0.15) is 0 Å². The summed E-state index contributed by atoms with van der Waals surface area (Å²) in [5.74, 6) is 0.414. The fraction of sp³-hybridized carbons (Fsp3) is 0.588. The third kappa shape index (κ3) is 7.83. The molecule has 0 saturated heterocycles. The van der Waals surface area contributed by atoms with Gasteiger partial charge in [0.05, 0.1) is 6.04 Å². The van der Waals surface area contributed by atoms with E-state index in [1.165, 1.54) is 5.56 Å². The maximum absolute atomic E-state index is 11.8. The van der Waals surface area contributed by atoms with E-state index in [1.807, 2.05) is 6.07 Å². The normalized spacial score (nSPS) is 12.7. The van der Waals surface area contributed by atoms with Crippen molar-refractivity contribution in [2.24, 2.45) is 11.7 Å². The molecule has 0 radical (unpaired) electrons. The Morgan fingerprint density at radius 1 is 1.29 bits per heavy atom. The van der Waals surface area contributed by atoms with Crippen molar-refractivity contribution in [1.82, 2.24) is 10.2 Å². The molecule has 1 aromatic rings. The second-order valence-corrected chi connectivity index (χ2v) is 6.10. The van der Waals surface area contributed by atoms with Crippen LogP contribution in [0.1, 0.15) is 32.3 Å². The summed E-state index contributed by atoms with van der Waals surface area (Å²) in [6.07, 6.45) is 1.67. The monoisotopic (exact) mass is 291 g/mol. The smallest absolute Gasteiger partial charge is 0.236 e. The summed E-state index contributed by atoms with van der Waals surface area (Å²) in [7, 11) is 2.10. The van der Waals surface area contributed by atoms with E-state index in [2.05, 4.69) is 55.4 Å². The first kappa shape index (κ1) is 17.7. The zero-order chi connectivity index (χ0) is 15.7. The molecule has 4 nitrogen and oxygen atoms in total. The van der Waals surface area contributed by atoms with Crippen molar-refractivity contribution in [3.63, 3.8) is 0 Å². The molecule has 0 aliphatic heterocycles. The van der Waals surface area contributed by atoms with E-state index in [0.29, 0.717) is 12.5 Å². The molecular weight excluding hydrogens is 262 g/mol. The van der Waals surface area contributed by atoms with Gasteiger partial charge in [-0.3, -0.25) is 4.79 Å². The van der Waals surface area contributed by atoms with Crippen LogP contribution in [0.15, 0.2) is 30.3 Å². The van der Waals surface area contributed by atoms with Crippen LogP contribution in [0.3, 0.4) is 0 Å². The second kappa shape index (κ2) is 9.53. The van der Waals surface area contributed by atoms with Crippen LogP contribution >= 0.6 is 0 Å². The van der Waals surface area contributed by atoms with Crippen molar-refractivity contribution in [1.29, 1.82) is 0 Å². The zero-order valence-corrected chi connectivity index (χ0v) is 13.5. The minimum absolute atomic E-state index is 0.0330. The lowest BCUT2D eigenvalue weighted by Crippen LogP contribution is -2.42. The van der Waals surface area contributed by atoms with Crippen molar-refractivity contribution in [2.45, 2.75) is 39.3 Å². The Balaban J connectivity index is 2.14. The number of benzene rings is 1. The van der Waals surface area contributed by atoms with E-state index >= 15 is 0 Å². The molecule has 4 heteroatoms. The van der Waals surface area contributed by atoms with Gasteiger partial charge in [-0.05, 0) is 37.9 Å². The number of hydrogen-bond acceptors (Lipinski definition) is 3. The molecule has 1 rings (SSSR count). The summed E-state index contributed by atoms with van der Waals surface area (Å²) < 4.78 is 0. The van der Waals surface area contributed by atoms with E-state index in [9.17, 15) is 4.79 Å². The maximum atomic E-state index is 11.8. The van der Waals surface area contributed by atoms with Crippen LogP contribution in [-0.4, -0.2) is 37.0 Å². The summed E-state index contributed by atoms with van der Waals surface area (Å²) in [4.78, 5) is 14.0. The highest BCUT2D eigenvalue weighted by Gasteiger charge is 2.13. The Morgan fingerprint density at radius 2 is 1.95 bits per heavy atom. The van der Waals surface area contributed by atoms with Gasteiger partial charge in [-0.2, -0.15) is 0 Å². The largest absolute Gasteiger partial charge is 0.355 e. The summed E-state index contributed by atoms with van der Waals surface area (Å²) in [6.45, 7) is 6.72. The highest BCUT2D eigenvalue weighted by molar-refractivity contribution is 5.81. The molecule has 0 aliphatic carbocycles. The summed E-state index contributed by atoms with van der Waals surface area (Å²) in [5.41, 5.74) is 7.15. The number of amides is 1. The minimum Gasteiger partial charge on any atom is -0.355 e. The van der Waals surface area contributed by atoms with Crippen LogP contribution in [0.4, 0.5) is 0 Å². The first-order valence-electron chi connectivity index (χ1n) is 7.74. The molecular formula is C17H29N3O. The Kier molecular flexibility index (Phi) is 8.01. The molecule has 1 unspecified atom stereocenters. The number of nitrogens with one attached hydrogen (secondary N) is 1. The van der Waals surface area contributed by atoms with E-state index in [4.69, 9.17) is 5.73 Å². The quantitative estimate of drug-likeness (QED) is 0.684. The number of nitrogens with two attached hydrogens (primary N) is 1. The van der Waals surface area contributed by atoms with Gasteiger partial charge in [-0.1, -0.05) is 44.2 Å². The van der Waals surface area contributed by atoms with Crippen LogP contribution in [-0.2, 0) is 11.3 Å². The molecule has 0 aromatic heterocycles. The molecule has 0 spiro atoms. The van der Waals surface area contributed by atoms with Crippen molar-refractivity contribution in [3.05, 3.63) is 35.9 Å². The van der Waals surface area contributed by atoms with E-state index in [1.54, 1.807) is 0 Å². The average molecular weight is 291 g/mol. The van der Waals surface area contributed by atoms with Gasteiger partial charge in [0.2, 0.25) is 5.91 Å². The Hall–Kier alpha value is -1.39. The number of rotatable bonds is 9. The Morgan fingerprint density at radius 3 is 2.57 bits per heavy atom. The van der Waals surface area contributed by atoms with Crippen LogP contribution in [0.2, 0.25) is 0 Å². The standard InChI is InChI=1S/C17H29N3O/c1-14(2)12-16(18)17(21)19-10-7-11-20(3)13-15-8-5-4-6-9-15/h4-6,8-9,14,16H,7,10-13,18H2,1-3H3,(H,19,21). The number of carbonyl (C=O) groups excluding carboxylic acids is 1. The molecule has 118 valence electrons. The third-order valence-corrected chi connectivity index (χ3v) is 3.37. The first-order chi connectivity index (χ1) is 9.99. The molecule has 1 atom stereocenters. The van der Waals surface area contributed by atoms with Crippen LogP contribution in [0.5, 0.6) is 0 Å². The SMILES string of the molecule is CC(C)CC(N)C(=O)NCCCN(C)Cc1ccccc1. The highest BCUT2D eigenvalue weighted by Crippen LogP contribution is 2.03. The van der Waals surface area contributed by atoms with Gasteiger partial charge >= 0.3 is 0 Å². The van der Waals surface area contributed by atoms with Crippen LogP contribution < -0.4 is 11.1 Å². The first-order valence-corrected chi connectivity index (χ1v) is 7.74. The van der Waals surface area contributed by atoms with E-state index in [-0.39, 0.29) is 11.9 Å². The third-order valence-electron chi connectivity index (χ3n) is 3.37. The van der Waals surface area contributed by atoms with Crippen molar-refractivity contribution in [3.8, 4) is 0 Å². The van der Waals surface area contributed by atoms with E-state index < -0.39 is 0 Å². The molecule has 21 heavy (non-hydrogen) atoms. The molecule has 0 aliphatic rings. The lowest BCUT2D eigenvalue weighted by molar-refractivity contribution is -0.122. The summed E-state index contributed by atoms with van der Waals surface area (Å²) in [6, 6.07) is 10.0. The van der Waals surface area contributed by atoms with Gasteiger partial charge in [0.15, 0.2) is 0 Å². The molecule has 1 aromatic carbocycles. The van der Waals surface area contributed by atoms with Crippen molar-refractivity contribution in [2.75, 3.05) is 20.1 Å². The number of hydrogen-bond donors (Lipinski definition) is 2. The van der Waals surface area contributed by atoms with Gasteiger partial charge in [0.25, 0.3) is 0 Å². The second-order valence-electron chi connectivity index (χ2n) is 6.10. The molecule has 0 bridgehead atoms. The fourth-order valence-electron chi connectivity index (χ4n) is 2.28. The zero-order valence-electron chi connectivity index (χ0n) is 13.5. The minimum atomic E-state index is -0.382. The van der Waals surface area contributed by atoms with Crippen molar-refractivity contribution < 1.29 is 4.79 Å². The average Bonchev–Trinajstić information content (AvgIpc) is 2.43. The Labute approximate surface area is 128 Å². The predicted molar refractivity (Wildman–Crippen MR) is 87.8 cm³/mol. The molecule has 0 fully saturated rings. The molecule has 3 N–H and O–H groups in total.